The van der Waals surface area contributed by atoms with Crippen LogP contribution in [-0.4, -0.2) is 31.5 Å². The maximum absolute atomic E-state index is 12.1. The van der Waals surface area contributed by atoms with E-state index in [0.717, 1.165) is 6.42 Å². The van der Waals surface area contributed by atoms with Crippen molar-refractivity contribution in [2.75, 3.05) is 12.4 Å². The molecule has 0 saturated carbocycles. The van der Waals surface area contributed by atoms with Gasteiger partial charge in [-0.1, -0.05) is 20.8 Å². The molecular weight excluding hydrogens is 252 g/mol. The average Bonchev–Trinajstić information content (AvgIpc) is 2.35. The Morgan fingerprint density at radius 1 is 1.28 bits per heavy atom. The molecule has 1 aromatic rings. The molecule has 0 aromatic carbocycles. The summed E-state index contributed by atoms with van der Waals surface area (Å²) in [7, 11) is -1.87. The molecule has 0 radical (unpaired) electrons. The van der Waals surface area contributed by atoms with Crippen LogP contribution in [0.15, 0.2) is 17.3 Å². The van der Waals surface area contributed by atoms with Crippen LogP contribution in [0.2, 0.25) is 0 Å². The Hall–Kier alpha value is -1.21. The van der Waals surface area contributed by atoms with Gasteiger partial charge in [0.25, 0.3) is 0 Å². The zero-order valence-electron chi connectivity index (χ0n) is 11.1. The fourth-order valence-corrected chi connectivity index (χ4v) is 2.90. The van der Waals surface area contributed by atoms with E-state index in [2.05, 4.69) is 20.0 Å². The third kappa shape index (κ3) is 3.64. The first kappa shape index (κ1) is 14.8. The van der Waals surface area contributed by atoms with E-state index in [1.165, 1.54) is 12.4 Å². The highest BCUT2D eigenvalue weighted by molar-refractivity contribution is 7.89. The van der Waals surface area contributed by atoms with E-state index < -0.39 is 10.0 Å². The van der Waals surface area contributed by atoms with Gasteiger partial charge in [0.05, 0.1) is 12.4 Å². The van der Waals surface area contributed by atoms with Gasteiger partial charge in [0, 0.05) is 13.1 Å². The fraction of sp³-hybridized carbons (Fsp3) is 0.636. The van der Waals surface area contributed by atoms with Gasteiger partial charge in [-0.3, -0.25) is 0 Å². The zero-order chi connectivity index (χ0) is 13.8. The highest BCUT2D eigenvalue weighted by atomic mass is 32.2. The van der Waals surface area contributed by atoms with Gasteiger partial charge in [0.1, 0.15) is 4.90 Å². The molecule has 1 rings (SSSR count). The second kappa shape index (κ2) is 6.10. The normalized spacial score (nSPS) is 13.6. The lowest BCUT2D eigenvalue weighted by Crippen LogP contribution is -2.38. The number of rotatable bonds is 6. The molecular formula is C11H20N4O2S. The van der Waals surface area contributed by atoms with Gasteiger partial charge >= 0.3 is 0 Å². The van der Waals surface area contributed by atoms with Gasteiger partial charge in [0.15, 0.2) is 0 Å². The lowest BCUT2D eigenvalue weighted by Gasteiger charge is -2.20. The molecule has 0 aliphatic carbocycles. The van der Waals surface area contributed by atoms with Crippen molar-refractivity contribution in [3.8, 4) is 0 Å². The summed E-state index contributed by atoms with van der Waals surface area (Å²) in [5.74, 6) is 0.632. The molecule has 2 N–H and O–H groups in total. The minimum absolute atomic E-state index is 0.0839. The molecule has 0 fully saturated rings. The number of sulfonamides is 1. The van der Waals surface area contributed by atoms with Crippen LogP contribution >= 0.6 is 0 Å². The lowest BCUT2D eigenvalue weighted by atomic mass is 10.0. The number of hydrogen-bond acceptors (Lipinski definition) is 5. The fourth-order valence-electron chi connectivity index (χ4n) is 1.54. The molecule has 1 unspecified atom stereocenters. The smallest absolute Gasteiger partial charge is 0.243 e. The Labute approximate surface area is 108 Å². The molecule has 0 aliphatic rings. The summed E-state index contributed by atoms with van der Waals surface area (Å²) < 4.78 is 26.9. The van der Waals surface area contributed by atoms with Crippen molar-refractivity contribution in [1.82, 2.24) is 14.7 Å². The molecule has 1 aromatic heterocycles. The maximum Gasteiger partial charge on any atom is 0.243 e. The molecule has 0 spiro atoms. The van der Waals surface area contributed by atoms with E-state index in [-0.39, 0.29) is 16.9 Å². The standard InChI is InChI=1S/C11H20N4O2S/c1-5-10(8(2)3)15-18(16,17)9-6-13-11(12-4)14-7-9/h6-8,10,15H,5H2,1-4H3,(H,12,13,14). The van der Waals surface area contributed by atoms with Crippen LogP contribution in [0, 0.1) is 5.92 Å². The summed E-state index contributed by atoms with van der Waals surface area (Å²) >= 11 is 0. The monoisotopic (exact) mass is 272 g/mol. The first-order valence-corrected chi connectivity index (χ1v) is 7.41. The first-order chi connectivity index (χ1) is 8.40. The Kier molecular flexibility index (Phi) is 5.03. The van der Waals surface area contributed by atoms with E-state index in [4.69, 9.17) is 0 Å². The lowest BCUT2D eigenvalue weighted by molar-refractivity contribution is 0.437. The Morgan fingerprint density at radius 3 is 2.22 bits per heavy atom. The molecule has 0 saturated heterocycles. The Morgan fingerprint density at radius 2 is 1.83 bits per heavy atom. The van der Waals surface area contributed by atoms with E-state index in [1.54, 1.807) is 7.05 Å². The van der Waals surface area contributed by atoms with Crippen molar-refractivity contribution in [1.29, 1.82) is 0 Å². The van der Waals surface area contributed by atoms with Gasteiger partial charge in [-0.2, -0.15) is 0 Å². The summed E-state index contributed by atoms with van der Waals surface area (Å²) in [5.41, 5.74) is 0. The van der Waals surface area contributed by atoms with Crippen molar-refractivity contribution in [3.05, 3.63) is 12.4 Å². The van der Waals surface area contributed by atoms with Crippen molar-refractivity contribution in [3.63, 3.8) is 0 Å². The predicted molar refractivity (Wildman–Crippen MR) is 70.8 cm³/mol. The summed E-state index contributed by atoms with van der Waals surface area (Å²) in [6.07, 6.45) is 3.34. The molecule has 7 heteroatoms. The van der Waals surface area contributed by atoms with Crippen molar-refractivity contribution >= 4 is 16.0 Å². The van der Waals surface area contributed by atoms with Gasteiger partial charge < -0.3 is 5.32 Å². The van der Waals surface area contributed by atoms with Crippen LogP contribution in [0.3, 0.4) is 0 Å². The van der Waals surface area contributed by atoms with E-state index in [9.17, 15) is 8.42 Å². The SMILES string of the molecule is CCC(NS(=O)(=O)c1cnc(NC)nc1)C(C)C. The summed E-state index contributed by atoms with van der Waals surface area (Å²) in [4.78, 5) is 7.88. The highest BCUT2D eigenvalue weighted by Crippen LogP contribution is 2.12. The molecule has 0 amide bonds. The van der Waals surface area contributed by atoms with Crippen LogP contribution in [0.1, 0.15) is 27.2 Å². The van der Waals surface area contributed by atoms with Crippen LogP contribution in [0.4, 0.5) is 5.95 Å². The Bertz CT molecular complexity index is 470. The molecule has 102 valence electrons. The van der Waals surface area contributed by atoms with E-state index in [1.807, 2.05) is 20.8 Å². The van der Waals surface area contributed by atoms with Gasteiger partial charge in [0.2, 0.25) is 16.0 Å². The number of nitrogens with zero attached hydrogens (tertiary/aromatic N) is 2. The minimum Gasteiger partial charge on any atom is -0.357 e. The number of nitrogens with one attached hydrogen (secondary N) is 2. The third-order valence-corrected chi connectivity index (χ3v) is 4.16. The predicted octanol–water partition coefficient (Wildman–Crippen LogP) is 1.23. The van der Waals surface area contributed by atoms with Crippen molar-refractivity contribution in [2.45, 2.75) is 38.1 Å². The van der Waals surface area contributed by atoms with E-state index >= 15 is 0 Å². The topological polar surface area (TPSA) is 84.0 Å². The van der Waals surface area contributed by atoms with Crippen molar-refractivity contribution < 1.29 is 8.42 Å². The summed E-state index contributed by atoms with van der Waals surface area (Å²) in [6.45, 7) is 5.92. The second-order valence-corrected chi connectivity index (χ2v) is 6.09. The number of hydrogen-bond donors (Lipinski definition) is 2. The molecule has 1 atom stereocenters. The summed E-state index contributed by atoms with van der Waals surface area (Å²) in [6, 6.07) is -0.0843. The van der Waals surface area contributed by atoms with Gasteiger partial charge in [-0.05, 0) is 12.3 Å². The Balaban J connectivity index is 2.91. The van der Waals surface area contributed by atoms with Gasteiger partial charge in [-0.15, -0.1) is 0 Å². The van der Waals surface area contributed by atoms with Crippen LogP contribution in [0.25, 0.3) is 0 Å². The minimum atomic E-state index is -3.54. The molecule has 0 bridgehead atoms. The average molecular weight is 272 g/mol. The summed E-state index contributed by atoms with van der Waals surface area (Å²) in [5, 5.41) is 2.74. The highest BCUT2D eigenvalue weighted by Gasteiger charge is 2.21. The van der Waals surface area contributed by atoms with Crippen LogP contribution < -0.4 is 10.0 Å². The van der Waals surface area contributed by atoms with Gasteiger partial charge in [-0.25, -0.2) is 23.1 Å². The molecule has 6 nitrogen and oxygen atoms in total. The van der Waals surface area contributed by atoms with E-state index in [0.29, 0.717) is 5.95 Å². The van der Waals surface area contributed by atoms with Crippen molar-refractivity contribution in [2.24, 2.45) is 5.92 Å². The molecule has 18 heavy (non-hydrogen) atoms. The largest absolute Gasteiger partial charge is 0.357 e. The second-order valence-electron chi connectivity index (χ2n) is 4.37. The molecule has 1 heterocycles. The number of anilines is 1. The van der Waals surface area contributed by atoms with Crippen LogP contribution in [0.5, 0.6) is 0 Å². The molecule has 0 aliphatic heterocycles. The van der Waals surface area contributed by atoms with Crippen LogP contribution in [-0.2, 0) is 10.0 Å². The third-order valence-electron chi connectivity index (χ3n) is 2.71. The quantitative estimate of drug-likeness (QED) is 0.813. The zero-order valence-corrected chi connectivity index (χ0v) is 12.0. The maximum atomic E-state index is 12.1. The number of aromatic nitrogens is 2. The first-order valence-electron chi connectivity index (χ1n) is 5.92.